The topological polar surface area (TPSA) is 58.6 Å². The number of alkyl halides is 4. The highest BCUT2D eigenvalue weighted by Crippen LogP contribution is 2.27. The Hall–Kier alpha value is -2.91. The standard InChI is InChI=1S/C19H20F4N4O2/c1-2-29-14-5-3-13(4-6-14)15-7-8-24-18(25-15)27-11-9-26(10-12-27)17(28)19(22,23)16(20)21/h3-8,16H,2,9-12H2,1H3. The molecular weight excluding hydrogens is 392 g/mol. The number of hydrogen-bond acceptors (Lipinski definition) is 5. The van der Waals surface area contributed by atoms with E-state index in [0.29, 0.717) is 18.2 Å². The second kappa shape index (κ2) is 8.62. The van der Waals surface area contributed by atoms with Crippen LogP contribution >= 0.6 is 0 Å². The minimum atomic E-state index is -4.67. The number of anilines is 1. The number of carbonyl (C=O) groups is 1. The fourth-order valence-corrected chi connectivity index (χ4v) is 2.96. The molecule has 0 spiro atoms. The molecule has 1 saturated heterocycles. The number of benzene rings is 1. The molecule has 1 aromatic heterocycles. The number of hydrogen-bond donors (Lipinski definition) is 0. The van der Waals surface area contributed by atoms with Crippen LogP contribution in [0.15, 0.2) is 36.5 Å². The molecule has 2 aromatic rings. The van der Waals surface area contributed by atoms with Gasteiger partial charge in [-0.2, -0.15) is 8.78 Å². The van der Waals surface area contributed by atoms with Gasteiger partial charge in [-0.1, -0.05) is 0 Å². The zero-order chi connectivity index (χ0) is 21.0. The van der Waals surface area contributed by atoms with Gasteiger partial charge in [0.25, 0.3) is 5.91 Å². The van der Waals surface area contributed by atoms with Crippen LogP contribution in [0.4, 0.5) is 23.5 Å². The second-order valence-corrected chi connectivity index (χ2v) is 6.40. The van der Waals surface area contributed by atoms with Gasteiger partial charge in [0.2, 0.25) is 5.95 Å². The van der Waals surface area contributed by atoms with Crippen LogP contribution in [0.5, 0.6) is 5.75 Å². The Morgan fingerprint density at radius 2 is 1.79 bits per heavy atom. The van der Waals surface area contributed by atoms with Gasteiger partial charge in [-0.15, -0.1) is 0 Å². The van der Waals surface area contributed by atoms with Crippen molar-refractivity contribution in [1.82, 2.24) is 14.9 Å². The van der Waals surface area contributed by atoms with Crippen LogP contribution < -0.4 is 9.64 Å². The summed E-state index contributed by atoms with van der Waals surface area (Å²) in [6.07, 6.45) is -2.45. The highest BCUT2D eigenvalue weighted by atomic mass is 19.3. The van der Waals surface area contributed by atoms with E-state index in [1.807, 2.05) is 31.2 Å². The Morgan fingerprint density at radius 3 is 2.38 bits per heavy atom. The predicted molar refractivity (Wildman–Crippen MR) is 98.4 cm³/mol. The Balaban J connectivity index is 1.67. The minimum absolute atomic E-state index is 0.113. The summed E-state index contributed by atoms with van der Waals surface area (Å²) in [4.78, 5) is 22.8. The van der Waals surface area contributed by atoms with E-state index in [0.717, 1.165) is 16.2 Å². The summed E-state index contributed by atoms with van der Waals surface area (Å²) < 4.78 is 56.8. The normalized spacial score (nSPS) is 15.0. The Kier molecular flexibility index (Phi) is 6.19. The van der Waals surface area contributed by atoms with Crippen molar-refractivity contribution in [3.05, 3.63) is 36.5 Å². The van der Waals surface area contributed by atoms with Crippen molar-refractivity contribution in [2.45, 2.75) is 19.3 Å². The van der Waals surface area contributed by atoms with Crippen LogP contribution in [-0.4, -0.2) is 65.9 Å². The number of piperazine rings is 1. The maximum Gasteiger partial charge on any atom is 0.383 e. The van der Waals surface area contributed by atoms with E-state index in [1.54, 1.807) is 17.2 Å². The van der Waals surface area contributed by atoms with Crippen molar-refractivity contribution < 1.29 is 27.1 Å². The van der Waals surface area contributed by atoms with Crippen molar-refractivity contribution >= 4 is 11.9 Å². The largest absolute Gasteiger partial charge is 0.494 e. The maximum absolute atomic E-state index is 13.3. The molecule has 1 aromatic carbocycles. The summed E-state index contributed by atoms with van der Waals surface area (Å²) in [7, 11) is 0. The number of rotatable bonds is 6. The van der Waals surface area contributed by atoms with E-state index in [9.17, 15) is 22.4 Å². The van der Waals surface area contributed by atoms with Gasteiger partial charge in [-0.25, -0.2) is 18.7 Å². The first kappa shape index (κ1) is 20.8. The minimum Gasteiger partial charge on any atom is -0.494 e. The highest BCUT2D eigenvalue weighted by molar-refractivity contribution is 5.84. The monoisotopic (exact) mass is 412 g/mol. The van der Waals surface area contributed by atoms with E-state index >= 15 is 0 Å². The molecule has 1 aliphatic rings. The van der Waals surface area contributed by atoms with Gasteiger partial charge in [-0.05, 0) is 37.3 Å². The Morgan fingerprint density at radius 1 is 1.14 bits per heavy atom. The van der Waals surface area contributed by atoms with E-state index in [1.165, 1.54) is 0 Å². The molecule has 0 saturated carbocycles. The van der Waals surface area contributed by atoms with Crippen molar-refractivity contribution in [3.8, 4) is 17.0 Å². The molecule has 1 aliphatic heterocycles. The number of carbonyl (C=O) groups excluding carboxylic acids is 1. The van der Waals surface area contributed by atoms with Gasteiger partial charge < -0.3 is 14.5 Å². The first-order valence-corrected chi connectivity index (χ1v) is 9.09. The average molecular weight is 412 g/mol. The van der Waals surface area contributed by atoms with Gasteiger partial charge >= 0.3 is 12.3 Å². The summed E-state index contributed by atoms with van der Waals surface area (Å²) in [6.45, 7) is 2.56. The molecule has 0 radical (unpaired) electrons. The van der Waals surface area contributed by atoms with Crippen LogP contribution in [0.2, 0.25) is 0 Å². The zero-order valence-corrected chi connectivity index (χ0v) is 15.7. The predicted octanol–water partition coefficient (Wildman–Crippen LogP) is 3.09. The van der Waals surface area contributed by atoms with Gasteiger partial charge in [0.15, 0.2) is 0 Å². The number of amides is 1. The van der Waals surface area contributed by atoms with E-state index in [2.05, 4.69) is 9.97 Å². The van der Waals surface area contributed by atoms with Crippen molar-refractivity contribution in [3.63, 3.8) is 0 Å². The smallest absolute Gasteiger partial charge is 0.383 e. The maximum atomic E-state index is 13.3. The molecule has 0 N–H and O–H groups in total. The van der Waals surface area contributed by atoms with Crippen LogP contribution in [0, 0.1) is 0 Å². The third kappa shape index (κ3) is 4.57. The highest BCUT2D eigenvalue weighted by Gasteiger charge is 2.51. The molecule has 0 aliphatic carbocycles. The molecule has 10 heteroatoms. The molecule has 0 unspecified atom stereocenters. The molecule has 1 amide bonds. The van der Waals surface area contributed by atoms with Crippen molar-refractivity contribution in [2.24, 2.45) is 0 Å². The lowest BCUT2D eigenvalue weighted by Gasteiger charge is -2.36. The van der Waals surface area contributed by atoms with Crippen molar-refractivity contribution in [2.75, 3.05) is 37.7 Å². The van der Waals surface area contributed by atoms with Crippen LogP contribution in [0.3, 0.4) is 0 Å². The molecule has 0 atom stereocenters. The Labute approximate surface area is 165 Å². The average Bonchev–Trinajstić information content (AvgIpc) is 2.74. The molecule has 0 bridgehead atoms. The second-order valence-electron chi connectivity index (χ2n) is 6.40. The Bertz CT molecular complexity index is 840. The van der Waals surface area contributed by atoms with Gasteiger partial charge in [0, 0.05) is 37.9 Å². The van der Waals surface area contributed by atoms with Gasteiger partial charge in [-0.3, -0.25) is 4.79 Å². The van der Waals surface area contributed by atoms with Crippen molar-refractivity contribution in [1.29, 1.82) is 0 Å². The zero-order valence-electron chi connectivity index (χ0n) is 15.7. The van der Waals surface area contributed by atoms with Gasteiger partial charge in [0.1, 0.15) is 5.75 Å². The first-order chi connectivity index (χ1) is 13.8. The molecular formula is C19H20F4N4O2. The number of nitrogens with zero attached hydrogens (tertiary/aromatic N) is 4. The molecule has 156 valence electrons. The van der Waals surface area contributed by atoms with Crippen LogP contribution in [-0.2, 0) is 4.79 Å². The summed E-state index contributed by atoms with van der Waals surface area (Å²) in [5.41, 5.74) is 1.52. The summed E-state index contributed by atoms with van der Waals surface area (Å²) >= 11 is 0. The fourth-order valence-electron chi connectivity index (χ4n) is 2.96. The molecule has 29 heavy (non-hydrogen) atoms. The SMILES string of the molecule is CCOc1ccc(-c2ccnc(N3CCN(C(=O)C(F)(F)C(F)F)CC3)n2)cc1. The van der Waals surface area contributed by atoms with Crippen LogP contribution in [0.1, 0.15) is 6.92 Å². The summed E-state index contributed by atoms with van der Waals surface area (Å²) in [5.74, 6) is -5.40. The third-order valence-corrected chi connectivity index (χ3v) is 4.51. The van der Waals surface area contributed by atoms with Gasteiger partial charge in [0.05, 0.1) is 12.3 Å². The summed E-state index contributed by atoms with van der Waals surface area (Å²) in [5, 5.41) is 0. The van der Waals surface area contributed by atoms with E-state index < -0.39 is 18.3 Å². The summed E-state index contributed by atoms with van der Waals surface area (Å²) in [6, 6.07) is 9.12. The molecule has 3 rings (SSSR count). The number of halogens is 4. The fraction of sp³-hybridized carbons (Fsp3) is 0.421. The van der Waals surface area contributed by atoms with E-state index in [-0.39, 0.29) is 26.2 Å². The lowest BCUT2D eigenvalue weighted by molar-refractivity contribution is -0.180. The third-order valence-electron chi connectivity index (χ3n) is 4.51. The molecule has 1 fully saturated rings. The van der Waals surface area contributed by atoms with Crippen LogP contribution in [0.25, 0.3) is 11.3 Å². The lowest BCUT2D eigenvalue weighted by atomic mass is 10.1. The molecule has 6 nitrogen and oxygen atoms in total. The number of aromatic nitrogens is 2. The number of ether oxygens (including phenoxy) is 1. The quantitative estimate of drug-likeness (QED) is 0.683. The first-order valence-electron chi connectivity index (χ1n) is 9.09. The molecule has 2 heterocycles. The lowest BCUT2D eigenvalue weighted by Crippen LogP contribution is -2.55. The van der Waals surface area contributed by atoms with E-state index in [4.69, 9.17) is 4.74 Å².